The Hall–Kier alpha value is -2.73. The zero-order valence-corrected chi connectivity index (χ0v) is 15.8. The number of pyridine rings is 1. The van der Waals surface area contributed by atoms with E-state index in [0.717, 1.165) is 54.5 Å². The van der Waals surface area contributed by atoms with Gasteiger partial charge < -0.3 is 5.32 Å². The molecule has 3 aromatic rings. The van der Waals surface area contributed by atoms with Crippen molar-refractivity contribution in [1.82, 2.24) is 25.4 Å². The van der Waals surface area contributed by atoms with Crippen LogP contribution in [0.1, 0.15) is 42.7 Å². The van der Waals surface area contributed by atoms with Crippen LogP contribution in [0.25, 0.3) is 22.0 Å². The van der Waals surface area contributed by atoms with Gasteiger partial charge in [0.2, 0.25) is 0 Å². The molecule has 0 saturated heterocycles. The Labute approximate surface area is 159 Å². The van der Waals surface area contributed by atoms with Crippen molar-refractivity contribution in [3.8, 4) is 11.1 Å². The van der Waals surface area contributed by atoms with Gasteiger partial charge in [0.1, 0.15) is 0 Å². The van der Waals surface area contributed by atoms with Crippen molar-refractivity contribution in [3.63, 3.8) is 0 Å². The number of carbonyl (C=O) groups is 1. The molecule has 140 valence electrons. The van der Waals surface area contributed by atoms with Gasteiger partial charge in [0, 0.05) is 35.9 Å². The molecule has 0 aliphatic heterocycles. The maximum atomic E-state index is 12.4. The third-order valence-corrected chi connectivity index (χ3v) is 5.12. The number of aromatic nitrogens is 3. The van der Waals surface area contributed by atoms with Gasteiger partial charge in [-0.1, -0.05) is 19.9 Å². The number of hydrogen-bond donors (Lipinski definition) is 2. The maximum Gasteiger partial charge on any atom is 0.272 e. The lowest BCUT2D eigenvalue weighted by molar-refractivity contribution is 0.0947. The summed E-state index contributed by atoms with van der Waals surface area (Å²) in [5.41, 5.74) is 4.61. The fourth-order valence-corrected chi connectivity index (χ4v) is 3.29. The molecule has 0 unspecified atom stereocenters. The summed E-state index contributed by atoms with van der Waals surface area (Å²) in [7, 11) is 0. The number of benzene rings is 1. The first kappa shape index (κ1) is 17.7. The van der Waals surface area contributed by atoms with Crippen LogP contribution in [0.2, 0.25) is 0 Å². The maximum absolute atomic E-state index is 12.4. The van der Waals surface area contributed by atoms with Crippen LogP contribution in [0, 0.1) is 0 Å². The molecular formula is C21H25N5O. The first-order valence-electron chi connectivity index (χ1n) is 9.63. The van der Waals surface area contributed by atoms with E-state index in [-0.39, 0.29) is 5.91 Å². The van der Waals surface area contributed by atoms with Gasteiger partial charge in [-0.2, -0.15) is 5.10 Å². The van der Waals surface area contributed by atoms with Crippen LogP contribution in [0.5, 0.6) is 0 Å². The SMILES string of the molecule is CCN(CC)Cc1cncc(-c2ccc3[nH]nc(C(=O)NC4CC4)c3c2)c1. The smallest absolute Gasteiger partial charge is 0.272 e. The van der Waals surface area contributed by atoms with Crippen molar-refractivity contribution in [1.29, 1.82) is 0 Å². The molecule has 0 atom stereocenters. The van der Waals surface area contributed by atoms with Gasteiger partial charge in [0.15, 0.2) is 5.69 Å². The monoisotopic (exact) mass is 363 g/mol. The Kier molecular flexibility index (Phi) is 4.90. The van der Waals surface area contributed by atoms with Crippen LogP contribution in [0.15, 0.2) is 36.7 Å². The number of H-pyrrole nitrogens is 1. The van der Waals surface area contributed by atoms with Crippen molar-refractivity contribution in [2.75, 3.05) is 13.1 Å². The van der Waals surface area contributed by atoms with E-state index in [4.69, 9.17) is 0 Å². The third kappa shape index (κ3) is 3.85. The van der Waals surface area contributed by atoms with E-state index < -0.39 is 0 Å². The Balaban J connectivity index is 1.64. The van der Waals surface area contributed by atoms with Crippen LogP contribution in [-0.4, -0.2) is 45.1 Å². The predicted molar refractivity (Wildman–Crippen MR) is 106 cm³/mol. The lowest BCUT2D eigenvalue weighted by Crippen LogP contribution is -2.25. The summed E-state index contributed by atoms with van der Waals surface area (Å²) in [5.74, 6) is -0.102. The lowest BCUT2D eigenvalue weighted by atomic mass is 10.0. The molecule has 0 spiro atoms. The summed E-state index contributed by atoms with van der Waals surface area (Å²) in [4.78, 5) is 19.2. The summed E-state index contributed by atoms with van der Waals surface area (Å²) < 4.78 is 0. The van der Waals surface area contributed by atoms with Crippen molar-refractivity contribution in [2.24, 2.45) is 0 Å². The highest BCUT2D eigenvalue weighted by Crippen LogP contribution is 2.27. The van der Waals surface area contributed by atoms with Gasteiger partial charge in [0.25, 0.3) is 5.91 Å². The number of hydrogen-bond acceptors (Lipinski definition) is 4. The third-order valence-electron chi connectivity index (χ3n) is 5.12. The van der Waals surface area contributed by atoms with E-state index in [1.807, 2.05) is 30.6 Å². The van der Waals surface area contributed by atoms with Gasteiger partial charge in [-0.25, -0.2) is 0 Å². The van der Waals surface area contributed by atoms with Gasteiger partial charge in [0.05, 0.1) is 5.52 Å². The number of rotatable bonds is 7. The molecule has 6 heteroatoms. The normalized spacial score (nSPS) is 14.0. The summed E-state index contributed by atoms with van der Waals surface area (Å²) in [6, 6.07) is 8.53. The second-order valence-electron chi connectivity index (χ2n) is 7.12. The molecule has 4 rings (SSSR count). The van der Waals surface area contributed by atoms with E-state index in [2.05, 4.69) is 45.3 Å². The van der Waals surface area contributed by atoms with Crippen LogP contribution in [0.4, 0.5) is 0 Å². The Morgan fingerprint density at radius 1 is 1.19 bits per heavy atom. The Morgan fingerprint density at radius 2 is 2.00 bits per heavy atom. The van der Waals surface area contributed by atoms with Crippen LogP contribution in [-0.2, 0) is 6.54 Å². The largest absolute Gasteiger partial charge is 0.348 e. The highest BCUT2D eigenvalue weighted by molar-refractivity contribution is 6.05. The second kappa shape index (κ2) is 7.48. The van der Waals surface area contributed by atoms with Gasteiger partial charge in [-0.15, -0.1) is 0 Å². The molecule has 2 heterocycles. The molecule has 1 aliphatic carbocycles. The summed E-state index contributed by atoms with van der Waals surface area (Å²) in [6.45, 7) is 7.25. The van der Waals surface area contributed by atoms with Crippen LogP contribution < -0.4 is 5.32 Å². The number of nitrogens with zero attached hydrogens (tertiary/aromatic N) is 3. The first-order valence-corrected chi connectivity index (χ1v) is 9.63. The van der Waals surface area contributed by atoms with Crippen molar-refractivity contribution >= 4 is 16.8 Å². The number of aromatic amines is 1. The average Bonchev–Trinajstić information content (AvgIpc) is 3.41. The van der Waals surface area contributed by atoms with Gasteiger partial charge in [-0.3, -0.25) is 19.8 Å². The fourth-order valence-electron chi connectivity index (χ4n) is 3.29. The van der Waals surface area contributed by atoms with E-state index in [9.17, 15) is 4.79 Å². The van der Waals surface area contributed by atoms with E-state index in [1.54, 1.807) is 0 Å². The highest BCUT2D eigenvalue weighted by atomic mass is 16.2. The van der Waals surface area contributed by atoms with Crippen molar-refractivity contribution in [2.45, 2.75) is 39.3 Å². The zero-order valence-electron chi connectivity index (χ0n) is 15.8. The summed E-state index contributed by atoms with van der Waals surface area (Å²) in [6.07, 6.45) is 5.92. The molecule has 1 amide bonds. The molecule has 27 heavy (non-hydrogen) atoms. The summed E-state index contributed by atoms with van der Waals surface area (Å²) >= 11 is 0. The van der Waals surface area contributed by atoms with Crippen molar-refractivity contribution in [3.05, 3.63) is 47.9 Å². The molecule has 0 radical (unpaired) electrons. The topological polar surface area (TPSA) is 73.9 Å². The second-order valence-corrected chi connectivity index (χ2v) is 7.12. The number of fused-ring (bicyclic) bond motifs is 1. The Bertz CT molecular complexity index is 956. The van der Waals surface area contributed by atoms with Crippen molar-refractivity contribution < 1.29 is 4.79 Å². The van der Waals surface area contributed by atoms with Crippen LogP contribution in [0.3, 0.4) is 0 Å². The fraction of sp³-hybridized carbons (Fsp3) is 0.381. The molecule has 1 aromatic carbocycles. The standard InChI is InChI=1S/C21H25N5O/c1-3-26(4-2)13-14-9-16(12-22-11-14)15-5-8-19-18(10-15)20(25-24-19)21(27)23-17-6-7-17/h5,8-12,17H,3-4,6-7,13H2,1-2H3,(H,23,27)(H,24,25). The first-order chi connectivity index (χ1) is 13.2. The lowest BCUT2D eigenvalue weighted by Gasteiger charge is -2.18. The molecule has 1 fully saturated rings. The quantitative estimate of drug-likeness (QED) is 0.675. The molecule has 1 aliphatic rings. The van der Waals surface area contributed by atoms with Gasteiger partial charge in [-0.05, 0) is 55.3 Å². The average molecular weight is 363 g/mol. The minimum absolute atomic E-state index is 0.102. The number of nitrogens with one attached hydrogen (secondary N) is 2. The molecule has 6 nitrogen and oxygen atoms in total. The minimum Gasteiger partial charge on any atom is -0.348 e. The molecule has 0 bridgehead atoms. The molecule has 1 saturated carbocycles. The molecule has 2 N–H and O–H groups in total. The summed E-state index contributed by atoms with van der Waals surface area (Å²) in [5, 5.41) is 11.1. The predicted octanol–water partition coefficient (Wildman–Crippen LogP) is 3.36. The van der Waals surface area contributed by atoms with E-state index in [1.165, 1.54) is 5.56 Å². The van der Waals surface area contributed by atoms with Crippen LogP contribution >= 0.6 is 0 Å². The Morgan fingerprint density at radius 3 is 2.74 bits per heavy atom. The molecule has 2 aromatic heterocycles. The minimum atomic E-state index is -0.102. The number of amides is 1. The highest BCUT2D eigenvalue weighted by Gasteiger charge is 2.25. The number of carbonyl (C=O) groups excluding carboxylic acids is 1. The van der Waals surface area contributed by atoms with E-state index in [0.29, 0.717) is 11.7 Å². The van der Waals surface area contributed by atoms with E-state index >= 15 is 0 Å². The van der Waals surface area contributed by atoms with Gasteiger partial charge >= 0.3 is 0 Å². The molecular weight excluding hydrogens is 338 g/mol. The zero-order chi connectivity index (χ0) is 18.8.